The predicted molar refractivity (Wildman–Crippen MR) is 64.7 cm³/mol. The summed E-state index contributed by atoms with van der Waals surface area (Å²) in [4.78, 5) is 2.31. The van der Waals surface area contributed by atoms with Gasteiger partial charge in [0.25, 0.3) is 0 Å². The first kappa shape index (κ1) is 11.4. The van der Waals surface area contributed by atoms with Gasteiger partial charge in [-0.25, -0.2) is 0 Å². The van der Waals surface area contributed by atoms with E-state index in [1.165, 1.54) is 5.69 Å². The maximum Gasteiger partial charge on any atom is 0.0913 e. The lowest BCUT2D eigenvalue weighted by molar-refractivity contribution is -0.0471. The molecule has 0 saturated carbocycles. The topological polar surface area (TPSA) is 32.7 Å². The summed E-state index contributed by atoms with van der Waals surface area (Å²) >= 11 is 0. The molecule has 1 N–H and O–H groups in total. The normalized spacial score (nSPS) is 19.8. The number of para-hydroxylation sites is 1. The standard InChI is InChI=1S/C13H19NO2/c1-16-11-13(15)7-9-14(10-8-13)12-5-3-2-4-6-12/h2-6,15H,7-11H2,1H3. The van der Waals surface area contributed by atoms with Crippen molar-refractivity contribution in [3.63, 3.8) is 0 Å². The number of ether oxygens (including phenoxy) is 1. The molecule has 1 aromatic rings. The van der Waals surface area contributed by atoms with Crippen LogP contribution < -0.4 is 4.90 Å². The van der Waals surface area contributed by atoms with Crippen molar-refractivity contribution in [1.29, 1.82) is 0 Å². The fraction of sp³-hybridized carbons (Fsp3) is 0.538. The lowest BCUT2D eigenvalue weighted by atomic mass is 9.92. The van der Waals surface area contributed by atoms with Crippen LogP contribution >= 0.6 is 0 Å². The number of anilines is 1. The van der Waals surface area contributed by atoms with Gasteiger partial charge in [0.15, 0.2) is 0 Å². The van der Waals surface area contributed by atoms with Gasteiger partial charge in [-0.1, -0.05) is 18.2 Å². The van der Waals surface area contributed by atoms with Crippen LogP contribution in [0, 0.1) is 0 Å². The van der Waals surface area contributed by atoms with Gasteiger partial charge >= 0.3 is 0 Å². The molecular formula is C13H19NO2. The third-order valence-corrected chi connectivity index (χ3v) is 3.23. The van der Waals surface area contributed by atoms with Gasteiger partial charge in [-0.2, -0.15) is 0 Å². The van der Waals surface area contributed by atoms with Gasteiger partial charge in [0.1, 0.15) is 0 Å². The molecule has 88 valence electrons. The zero-order valence-electron chi connectivity index (χ0n) is 9.72. The molecule has 1 fully saturated rings. The van der Waals surface area contributed by atoms with E-state index in [4.69, 9.17) is 4.74 Å². The lowest BCUT2D eigenvalue weighted by Gasteiger charge is -2.38. The van der Waals surface area contributed by atoms with Crippen LogP contribution in [-0.4, -0.2) is 37.5 Å². The van der Waals surface area contributed by atoms with Crippen LogP contribution in [0.25, 0.3) is 0 Å². The number of rotatable bonds is 3. The second-order valence-corrected chi connectivity index (χ2v) is 4.48. The highest BCUT2D eigenvalue weighted by atomic mass is 16.5. The van der Waals surface area contributed by atoms with Gasteiger partial charge in [0.2, 0.25) is 0 Å². The predicted octanol–water partition coefficient (Wildman–Crippen LogP) is 1.66. The number of piperidine rings is 1. The summed E-state index contributed by atoms with van der Waals surface area (Å²) in [6, 6.07) is 10.3. The van der Waals surface area contributed by atoms with E-state index in [1.54, 1.807) is 7.11 Å². The summed E-state index contributed by atoms with van der Waals surface area (Å²) in [6.45, 7) is 2.23. The summed E-state index contributed by atoms with van der Waals surface area (Å²) in [6.07, 6.45) is 1.55. The number of hydrogen-bond acceptors (Lipinski definition) is 3. The highest BCUT2D eigenvalue weighted by Gasteiger charge is 2.32. The Bertz CT molecular complexity index is 318. The van der Waals surface area contributed by atoms with E-state index in [1.807, 2.05) is 18.2 Å². The van der Waals surface area contributed by atoms with E-state index in [0.29, 0.717) is 6.61 Å². The number of hydrogen-bond donors (Lipinski definition) is 1. The Hall–Kier alpha value is -1.06. The molecule has 0 spiro atoms. The fourth-order valence-corrected chi connectivity index (χ4v) is 2.23. The van der Waals surface area contributed by atoms with Crippen molar-refractivity contribution in [3.8, 4) is 0 Å². The van der Waals surface area contributed by atoms with Crippen LogP contribution in [0.5, 0.6) is 0 Å². The van der Waals surface area contributed by atoms with Crippen molar-refractivity contribution in [2.45, 2.75) is 18.4 Å². The molecule has 3 heteroatoms. The van der Waals surface area contributed by atoms with Crippen LogP contribution in [0.2, 0.25) is 0 Å². The van der Waals surface area contributed by atoms with Gasteiger partial charge in [-0.3, -0.25) is 0 Å². The first-order valence-electron chi connectivity index (χ1n) is 5.75. The van der Waals surface area contributed by atoms with Crippen molar-refractivity contribution in [3.05, 3.63) is 30.3 Å². The Kier molecular flexibility index (Phi) is 3.46. The van der Waals surface area contributed by atoms with Crippen molar-refractivity contribution in [1.82, 2.24) is 0 Å². The Morgan fingerprint density at radius 3 is 2.44 bits per heavy atom. The van der Waals surface area contributed by atoms with E-state index in [-0.39, 0.29) is 0 Å². The van der Waals surface area contributed by atoms with Crippen LogP contribution in [-0.2, 0) is 4.74 Å². The quantitative estimate of drug-likeness (QED) is 0.842. The highest BCUT2D eigenvalue weighted by Crippen LogP contribution is 2.26. The summed E-state index contributed by atoms with van der Waals surface area (Å²) in [5, 5.41) is 10.2. The SMILES string of the molecule is COCC1(O)CCN(c2ccccc2)CC1. The molecule has 1 heterocycles. The van der Waals surface area contributed by atoms with E-state index < -0.39 is 5.60 Å². The Balaban J connectivity index is 1.95. The molecule has 2 rings (SSSR count). The first-order chi connectivity index (χ1) is 7.73. The summed E-state index contributed by atoms with van der Waals surface area (Å²) in [5.41, 5.74) is 0.613. The molecule has 0 unspecified atom stereocenters. The molecule has 0 aromatic heterocycles. The second kappa shape index (κ2) is 4.85. The van der Waals surface area contributed by atoms with Gasteiger partial charge in [-0.15, -0.1) is 0 Å². The summed E-state index contributed by atoms with van der Waals surface area (Å²) in [7, 11) is 1.64. The Morgan fingerprint density at radius 1 is 1.25 bits per heavy atom. The third kappa shape index (κ3) is 2.54. The third-order valence-electron chi connectivity index (χ3n) is 3.23. The molecule has 0 radical (unpaired) electrons. The minimum Gasteiger partial charge on any atom is -0.387 e. The van der Waals surface area contributed by atoms with Crippen molar-refractivity contribution in [2.24, 2.45) is 0 Å². The van der Waals surface area contributed by atoms with Gasteiger partial charge in [0.05, 0.1) is 12.2 Å². The van der Waals surface area contributed by atoms with E-state index in [9.17, 15) is 5.11 Å². The van der Waals surface area contributed by atoms with Gasteiger partial charge < -0.3 is 14.7 Å². The van der Waals surface area contributed by atoms with Crippen LogP contribution in [0.15, 0.2) is 30.3 Å². The summed E-state index contributed by atoms with van der Waals surface area (Å²) < 4.78 is 5.06. The first-order valence-corrected chi connectivity index (χ1v) is 5.75. The molecule has 0 amide bonds. The van der Waals surface area contributed by atoms with Gasteiger partial charge in [-0.05, 0) is 25.0 Å². The van der Waals surface area contributed by atoms with Crippen molar-refractivity contribution >= 4 is 5.69 Å². The summed E-state index contributed by atoms with van der Waals surface area (Å²) in [5.74, 6) is 0. The second-order valence-electron chi connectivity index (χ2n) is 4.48. The van der Waals surface area contributed by atoms with Crippen molar-refractivity contribution < 1.29 is 9.84 Å². The Morgan fingerprint density at radius 2 is 1.88 bits per heavy atom. The molecule has 0 atom stereocenters. The zero-order valence-corrected chi connectivity index (χ0v) is 9.72. The van der Waals surface area contributed by atoms with Gasteiger partial charge in [0, 0.05) is 25.9 Å². The average molecular weight is 221 g/mol. The molecule has 0 aliphatic carbocycles. The average Bonchev–Trinajstić information content (AvgIpc) is 2.31. The molecule has 1 aromatic carbocycles. The molecule has 0 bridgehead atoms. The zero-order chi connectivity index (χ0) is 11.4. The maximum absolute atomic E-state index is 10.2. The molecule has 1 saturated heterocycles. The van der Waals surface area contributed by atoms with E-state index in [0.717, 1.165) is 25.9 Å². The Labute approximate surface area is 96.6 Å². The minimum absolute atomic E-state index is 0.440. The molecule has 1 aliphatic heterocycles. The van der Waals surface area contributed by atoms with Crippen LogP contribution in [0.3, 0.4) is 0 Å². The largest absolute Gasteiger partial charge is 0.387 e. The number of benzene rings is 1. The number of nitrogens with zero attached hydrogens (tertiary/aromatic N) is 1. The maximum atomic E-state index is 10.2. The lowest BCUT2D eigenvalue weighted by Crippen LogP contribution is -2.47. The number of methoxy groups -OCH3 is 1. The van der Waals surface area contributed by atoms with Crippen LogP contribution in [0.4, 0.5) is 5.69 Å². The molecule has 3 nitrogen and oxygen atoms in total. The fourth-order valence-electron chi connectivity index (χ4n) is 2.23. The number of aliphatic hydroxyl groups is 1. The smallest absolute Gasteiger partial charge is 0.0913 e. The van der Waals surface area contributed by atoms with Crippen molar-refractivity contribution in [2.75, 3.05) is 31.7 Å². The van der Waals surface area contributed by atoms with E-state index >= 15 is 0 Å². The van der Waals surface area contributed by atoms with Crippen LogP contribution in [0.1, 0.15) is 12.8 Å². The minimum atomic E-state index is -0.625. The monoisotopic (exact) mass is 221 g/mol. The van der Waals surface area contributed by atoms with E-state index in [2.05, 4.69) is 17.0 Å². The molecular weight excluding hydrogens is 202 g/mol. The highest BCUT2D eigenvalue weighted by molar-refractivity contribution is 5.46. The molecule has 16 heavy (non-hydrogen) atoms. The molecule has 1 aliphatic rings.